The van der Waals surface area contributed by atoms with Crippen molar-refractivity contribution in [1.82, 2.24) is 10.6 Å². The van der Waals surface area contributed by atoms with Gasteiger partial charge in [-0.15, -0.1) is 0 Å². The number of hydrogen-bond donors (Lipinski definition) is 2. The number of ether oxygens (including phenoxy) is 1. The number of benzene rings is 1. The molecule has 0 radical (unpaired) electrons. The van der Waals surface area contributed by atoms with Gasteiger partial charge in [0.15, 0.2) is 6.61 Å². The normalized spacial score (nSPS) is 11.6. The van der Waals surface area contributed by atoms with E-state index < -0.39 is 0 Å². The fourth-order valence-corrected chi connectivity index (χ4v) is 2.33. The van der Waals surface area contributed by atoms with E-state index in [2.05, 4.69) is 40.4 Å². The molecule has 0 aliphatic heterocycles. The Labute approximate surface area is 142 Å². The molecule has 22 heavy (non-hydrogen) atoms. The van der Waals surface area contributed by atoms with E-state index in [1.807, 2.05) is 39.0 Å². The van der Waals surface area contributed by atoms with Crippen LogP contribution < -0.4 is 15.4 Å². The molecule has 0 fully saturated rings. The number of halogens is 1. The van der Waals surface area contributed by atoms with Crippen LogP contribution >= 0.6 is 15.9 Å². The van der Waals surface area contributed by atoms with Crippen molar-refractivity contribution in [1.29, 1.82) is 0 Å². The molecule has 1 aromatic carbocycles. The maximum Gasteiger partial charge on any atom is 0.258 e. The molecular formula is C17H27BrN2O2. The topological polar surface area (TPSA) is 50.4 Å². The highest BCUT2D eigenvalue weighted by atomic mass is 79.9. The zero-order valence-electron chi connectivity index (χ0n) is 14.1. The van der Waals surface area contributed by atoms with Gasteiger partial charge in [0, 0.05) is 22.1 Å². The number of carbonyl (C=O) groups is 1. The fourth-order valence-electron chi connectivity index (χ4n) is 1.92. The minimum Gasteiger partial charge on any atom is -0.483 e. The molecular weight excluding hydrogens is 344 g/mol. The maximum atomic E-state index is 11.9. The summed E-state index contributed by atoms with van der Waals surface area (Å²) in [5.74, 6) is 1.22. The van der Waals surface area contributed by atoms with Crippen molar-refractivity contribution in [2.75, 3.05) is 13.2 Å². The van der Waals surface area contributed by atoms with Crippen molar-refractivity contribution in [2.24, 2.45) is 5.92 Å². The molecule has 0 aromatic heterocycles. The molecule has 2 N–H and O–H groups in total. The van der Waals surface area contributed by atoms with Gasteiger partial charge in [-0.2, -0.15) is 0 Å². The molecule has 0 saturated heterocycles. The van der Waals surface area contributed by atoms with Crippen molar-refractivity contribution in [3.05, 3.63) is 28.2 Å². The average molecular weight is 371 g/mol. The third-order valence-corrected chi connectivity index (χ3v) is 3.26. The van der Waals surface area contributed by atoms with E-state index in [-0.39, 0.29) is 18.1 Å². The van der Waals surface area contributed by atoms with Crippen LogP contribution in [0.25, 0.3) is 0 Å². The van der Waals surface area contributed by atoms with Crippen LogP contribution in [0, 0.1) is 5.92 Å². The number of carbonyl (C=O) groups excluding carboxylic acids is 1. The number of nitrogens with one attached hydrogen (secondary N) is 2. The minimum atomic E-state index is -0.248. The molecule has 4 nitrogen and oxygen atoms in total. The van der Waals surface area contributed by atoms with Gasteiger partial charge in [-0.25, -0.2) is 0 Å². The summed E-state index contributed by atoms with van der Waals surface area (Å²) < 4.78 is 6.68. The Morgan fingerprint density at radius 1 is 1.32 bits per heavy atom. The fraction of sp³-hybridized carbons (Fsp3) is 0.588. The summed E-state index contributed by atoms with van der Waals surface area (Å²) in [6.07, 6.45) is 0. The lowest BCUT2D eigenvalue weighted by Gasteiger charge is -2.21. The molecule has 0 unspecified atom stereocenters. The van der Waals surface area contributed by atoms with E-state index in [9.17, 15) is 4.79 Å². The van der Waals surface area contributed by atoms with Gasteiger partial charge in [0.25, 0.3) is 5.91 Å². The first-order chi connectivity index (χ1) is 10.2. The van der Waals surface area contributed by atoms with Crippen LogP contribution in [-0.4, -0.2) is 24.6 Å². The van der Waals surface area contributed by atoms with Gasteiger partial charge in [0.05, 0.1) is 0 Å². The Balaban J connectivity index is 2.63. The summed E-state index contributed by atoms with van der Waals surface area (Å²) in [6.45, 7) is 11.9. The third kappa shape index (κ3) is 7.80. The maximum absolute atomic E-state index is 11.9. The highest BCUT2D eigenvalue weighted by Crippen LogP contribution is 2.23. The Morgan fingerprint density at radius 3 is 2.59 bits per heavy atom. The van der Waals surface area contributed by atoms with Crippen molar-refractivity contribution in [2.45, 2.75) is 46.7 Å². The summed E-state index contributed by atoms with van der Waals surface area (Å²) in [4.78, 5) is 11.9. The van der Waals surface area contributed by atoms with Gasteiger partial charge in [0.1, 0.15) is 5.75 Å². The molecule has 1 amide bonds. The van der Waals surface area contributed by atoms with E-state index >= 15 is 0 Å². The molecule has 124 valence electrons. The monoisotopic (exact) mass is 370 g/mol. The van der Waals surface area contributed by atoms with E-state index in [1.165, 1.54) is 0 Å². The zero-order chi connectivity index (χ0) is 16.8. The summed E-state index contributed by atoms with van der Waals surface area (Å²) in [7, 11) is 0. The predicted octanol–water partition coefficient (Wildman–Crippen LogP) is 3.49. The highest BCUT2D eigenvalue weighted by molar-refractivity contribution is 9.10. The molecule has 0 aliphatic carbocycles. The lowest BCUT2D eigenvalue weighted by molar-refractivity contribution is -0.124. The molecule has 0 bridgehead atoms. The standard InChI is InChI=1S/C17H27BrN2O2/c1-12(2)9-19-10-13-8-14(18)6-7-15(13)22-11-16(21)20-17(3,4)5/h6-8,12,19H,9-11H2,1-5H3,(H,20,21). The average Bonchev–Trinajstić information content (AvgIpc) is 2.35. The Kier molecular flexibility index (Phi) is 7.36. The van der Waals surface area contributed by atoms with Crippen LogP contribution in [-0.2, 0) is 11.3 Å². The van der Waals surface area contributed by atoms with Crippen LogP contribution in [0.5, 0.6) is 5.75 Å². The minimum absolute atomic E-state index is 0.0239. The summed E-state index contributed by atoms with van der Waals surface area (Å²) in [5.41, 5.74) is 0.792. The predicted molar refractivity (Wildman–Crippen MR) is 94.1 cm³/mol. The molecule has 0 atom stereocenters. The third-order valence-electron chi connectivity index (χ3n) is 2.76. The number of rotatable bonds is 7. The summed E-state index contributed by atoms with van der Waals surface area (Å²) in [5, 5.41) is 6.28. The molecule has 1 aromatic rings. The van der Waals surface area contributed by atoms with Crippen LogP contribution in [0.3, 0.4) is 0 Å². The largest absolute Gasteiger partial charge is 0.483 e. The Hall–Kier alpha value is -1.07. The van der Waals surface area contributed by atoms with Gasteiger partial charge >= 0.3 is 0 Å². The summed E-state index contributed by atoms with van der Waals surface area (Å²) >= 11 is 3.47. The first-order valence-electron chi connectivity index (χ1n) is 7.60. The Bertz CT molecular complexity index is 496. The summed E-state index contributed by atoms with van der Waals surface area (Å²) in [6, 6.07) is 5.83. The molecule has 0 saturated carbocycles. The van der Waals surface area contributed by atoms with E-state index in [4.69, 9.17) is 4.74 Å². The van der Waals surface area contributed by atoms with Crippen LogP contribution in [0.1, 0.15) is 40.2 Å². The SMILES string of the molecule is CC(C)CNCc1cc(Br)ccc1OCC(=O)NC(C)(C)C. The van der Waals surface area contributed by atoms with E-state index in [0.29, 0.717) is 12.5 Å². The zero-order valence-corrected chi connectivity index (χ0v) is 15.7. The molecule has 5 heteroatoms. The second-order valence-corrected chi connectivity index (χ2v) is 7.78. The second-order valence-electron chi connectivity index (χ2n) is 6.86. The quantitative estimate of drug-likeness (QED) is 0.772. The molecule has 0 heterocycles. The van der Waals surface area contributed by atoms with Crippen LogP contribution in [0.2, 0.25) is 0 Å². The number of amides is 1. The second kappa shape index (κ2) is 8.53. The van der Waals surface area contributed by atoms with E-state index in [1.54, 1.807) is 0 Å². The highest BCUT2D eigenvalue weighted by Gasteiger charge is 2.14. The molecule has 1 rings (SSSR count). The van der Waals surface area contributed by atoms with Crippen molar-refractivity contribution in [3.8, 4) is 5.75 Å². The Morgan fingerprint density at radius 2 is 2.00 bits per heavy atom. The first-order valence-corrected chi connectivity index (χ1v) is 8.39. The van der Waals surface area contributed by atoms with Crippen molar-refractivity contribution in [3.63, 3.8) is 0 Å². The smallest absolute Gasteiger partial charge is 0.258 e. The molecule has 0 spiro atoms. The molecule has 0 aliphatic rings. The lowest BCUT2D eigenvalue weighted by atomic mass is 10.1. The lowest BCUT2D eigenvalue weighted by Crippen LogP contribution is -2.43. The van der Waals surface area contributed by atoms with Gasteiger partial charge in [-0.05, 0) is 51.4 Å². The van der Waals surface area contributed by atoms with Crippen molar-refractivity contribution < 1.29 is 9.53 Å². The number of hydrogen-bond acceptors (Lipinski definition) is 3. The van der Waals surface area contributed by atoms with Crippen LogP contribution in [0.15, 0.2) is 22.7 Å². The van der Waals surface area contributed by atoms with Crippen molar-refractivity contribution >= 4 is 21.8 Å². The van der Waals surface area contributed by atoms with Gasteiger partial charge in [-0.3, -0.25) is 4.79 Å². The van der Waals surface area contributed by atoms with Gasteiger partial charge in [0.2, 0.25) is 0 Å². The van der Waals surface area contributed by atoms with E-state index in [0.717, 1.165) is 22.3 Å². The first kappa shape index (κ1) is 19.0. The van der Waals surface area contributed by atoms with Gasteiger partial charge in [-0.1, -0.05) is 29.8 Å². The van der Waals surface area contributed by atoms with Crippen LogP contribution in [0.4, 0.5) is 0 Å². The van der Waals surface area contributed by atoms with Gasteiger partial charge < -0.3 is 15.4 Å².